The minimum atomic E-state index is -1.17. The first-order valence-electron chi connectivity index (χ1n) is 6.92. The zero-order valence-electron chi connectivity index (χ0n) is 11.7. The number of rotatable bonds is 8. The molecule has 0 aromatic heterocycles. The van der Waals surface area contributed by atoms with Gasteiger partial charge in [-0.1, -0.05) is 26.2 Å². The number of unbranched alkanes of at least 4 members (excludes halogenated alkanes) is 3. The van der Waals surface area contributed by atoms with Gasteiger partial charge < -0.3 is 29.5 Å². The van der Waals surface area contributed by atoms with Gasteiger partial charge in [0.2, 0.25) is 0 Å². The first-order valence-corrected chi connectivity index (χ1v) is 6.92. The van der Waals surface area contributed by atoms with Crippen LogP contribution in [0.5, 0.6) is 0 Å². The van der Waals surface area contributed by atoms with E-state index in [4.69, 9.17) is 14.2 Å². The maximum absolute atomic E-state index is 10.00. The van der Waals surface area contributed by atoms with Crippen molar-refractivity contribution in [2.24, 2.45) is 0 Å². The van der Waals surface area contributed by atoms with Crippen LogP contribution in [0.25, 0.3) is 0 Å². The molecule has 1 fully saturated rings. The summed E-state index contributed by atoms with van der Waals surface area (Å²) in [5, 5.41) is 29.1. The van der Waals surface area contributed by atoms with Gasteiger partial charge in [-0.15, -0.1) is 0 Å². The molecule has 1 saturated heterocycles. The average molecular weight is 278 g/mol. The normalized spacial score (nSPS) is 35.5. The Morgan fingerprint density at radius 2 is 1.84 bits per heavy atom. The fraction of sp³-hybridized carbons (Fsp3) is 1.00. The number of hydrogen-bond donors (Lipinski definition) is 3. The summed E-state index contributed by atoms with van der Waals surface area (Å²) in [5.41, 5.74) is 0. The van der Waals surface area contributed by atoms with Crippen LogP contribution < -0.4 is 0 Å². The van der Waals surface area contributed by atoms with E-state index >= 15 is 0 Å². The minimum Gasteiger partial charge on any atom is -0.394 e. The van der Waals surface area contributed by atoms with Crippen molar-refractivity contribution < 1.29 is 29.5 Å². The van der Waals surface area contributed by atoms with Crippen LogP contribution in [0.15, 0.2) is 0 Å². The van der Waals surface area contributed by atoms with Crippen LogP contribution in [0.3, 0.4) is 0 Å². The molecular weight excluding hydrogens is 252 g/mol. The van der Waals surface area contributed by atoms with Gasteiger partial charge in [-0.3, -0.25) is 0 Å². The molecule has 0 spiro atoms. The number of aliphatic hydroxyl groups excluding tert-OH is 3. The molecule has 5 unspecified atom stereocenters. The zero-order valence-corrected chi connectivity index (χ0v) is 11.7. The van der Waals surface area contributed by atoms with Crippen molar-refractivity contribution in [3.8, 4) is 0 Å². The molecule has 0 saturated carbocycles. The minimum absolute atomic E-state index is 0.288. The van der Waals surface area contributed by atoms with Crippen LogP contribution >= 0.6 is 0 Å². The molecule has 0 radical (unpaired) electrons. The number of aliphatic hydroxyl groups is 3. The van der Waals surface area contributed by atoms with Gasteiger partial charge in [0.15, 0.2) is 6.29 Å². The fourth-order valence-corrected chi connectivity index (χ4v) is 2.20. The molecule has 0 aromatic carbocycles. The van der Waals surface area contributed by atoms with Crippen LogP contribution in [-0.4, -0.2) is 66.3 Å². The van der Waals surface area contributed by atoms with E-state index in [0.717, 1.165) is 25.7 Å². The van der Waals surface area contributed by atoms with Gasteiger partial charge in [0.1, 0.15) is 24.4 Å². The molecule has 3 N–H and O–H groups in total. The molecule has 114 valence electrons. The Kier molecular flexibility index (Phi) is 7.82. The maximum atomic E-state index is 10.00. The van der Waals surface area contributed by atoms with Crippen molar-refractivity contribution in [1.29, 1.82) is 0 Å². The zero-order chi connectivity index (χ0) is 14.3. The second kappa shape index (κ2) is 8.84. The summed E-state index contributed by atoms with van der Waals surface area (Å²) < 4.78 is 15.8. The van der Waals surface area contributed by atoms with Crippen molar-refractivity contribution in [1.82, 2.24) is 0 Å². The maximum Gasteiger partial charge on any atom is 0.186 e. The number of methoxy groups -OCH3 is 1. The second-order valence-electron chi connectivity index (χ2n) is 4.84. The molecule has 6 nitrogen and oxygen atoms in total. The van der Waals surface area contributed by atoms with Crippen LogP contribution in [0.1, 0.15) is 32.6 Å². The largest absolute Gasteiger partial charge is 0.394 e. The monoisotopic (exact) mass is 278 g/mol. The molecule has 0 aromatic rings. The van der Waals surface area contributed by atoms with Crippen molar-refractivity contribution in [3.05, 3.63) is 0 Å². The summed E-state index contributed by atoms with van der Waals surface area (Å²) in [6.07, 6.45) is -0.412. The first kappa shape index (κ1) is 16.8. The molecule has 1 aliphatic heterocycles. The van der Waals surface area contributed by atoms with Crippen LogP contribution in [-0.2, 0) is 14.2 Å². The summed E-state index contributed by atoms with van der Waals surface area (Å²) in [6, 6.07) is 0. The third kappa shape index (κ3) is 4.66. The third-order valence-corrected chi connectivity index (χ3v) is 3.36. The highest BCUT2D eigenvalue weighted by Crippen LogP contribution is 2.24. The summed E-state index contributed by atoms with van der Waals surface area (Å²) in [4.78, 5) is 0. The fourth-order valence-electron chi connectivity index (χ4n) is 2.20. The van der Waals surface area contributed by atoms with E-state index in [0.29, 0.717) is 6.61 Å². The van der Waals surface area contributed by atoms with Gasteiger partial charge in [-0.25, -0.2) is 0 Å². The van der Waals surface area contributed by atoms with Gasteiger partial charge in [0, 0.05) is 13.7 Å². The molecule has 1 aliphatic rings. The number of hydrogen-bond acceptors (Lipinski definition) is 6. The van der Waals surface area contributed by atoms with Crippen molar-refractivity contribution in [2.45, 2.75) is 63.3 Å². The smallest absolute Gasteiger partial charge is 0.186 e. The van der Waals surface area contributed by atoms with Crippen LogP contribution in [0.2, 0.25) is 0 Å². The molecule has 1 rings (SSSR count). The van der Waals surface area contributed by atoms with Crippen molar-refractivity contribution >= 4 is 0 Å². The van der Waals surface area contributed by atoms with Crippen LogP contribution in [0.4, 0.5) is 0 Å². The average Bonchev–Trinajstić information content (AvgIpc) is 2.43. The highest BCUT2D eigenvalue weighted by Gasteiger charge is 2.45. The highest BCUT2D eigenvalue weighted by atomic mass is 16.7. The van der Waals surface area contributed by atoms with Crippen molar-refractivity contribution in [3.63, 3.8) is 0 Å². The van der Waals surface area contributed by atoms with Gasteiger partial charge in [0.05, 0.1) is 6.61 Å². The van der Waals surface area contributed by atoms with E-state index in [1.165, 1.54) is 7.11 Å². The Hall–Kier alpha value is -0.240. The first-order chi connectivity index (χ1) is 9.15. The lowest BCUT2D eigenvalue weighted by atomic mass is 9.99. The summed E-state index contributed by atoms with van der Waals surface area (Å²) in [6.45, 7) is 2.32. The Morgan fingerprint density at radius 3 is 2.42 bits per heavy atom. The van der Waals surface area contributed by atoms with Crippen molar-refractivity contribution in [2.75, 3.05) is 20.3 Å². The number of ether oxygens (including phenoxy) is 3. The Bertz CT molecular complexity index is 235. The van der Waals surface area contributed by atoms with E-state index in [2.05, 4.69) is 6.92 Å². The van der Waals surface area contributed by atoms with Gasteiger partial charge in [-0.2, -0.15) is 0 Å². The standard InChI is InChI=1S/C13H26O6/c1-3-4-5-6-7-18-12-9(8-14)19-13(17-2)11(16)10(12)15/h9-16H,3-8H2,1-2H3. The van der Waals surface area contributed by atoms with Gasteiger partial charge in [0.25, 0.3) is 0 Å². The highest BCUT2D eigenvalue weighted by molar-refractivity contribution is 4.90. The lowest BCUT2D eigenvalue weighted by Crippen LogP contribution is -2.59. The molecule has 5 atom stereocenters. The SMILES string of the molecule is CCCCCCOC1C(CO)OC(OC)C(O)C1O. The summed E-state index contributed by atoms with van der Waals surface area (Å²) in [5.74, 6) is 0. The third-order valence-electron chi connectivity index (χ3n) is 3.36. The molecule has 0 aliphatic carbocycles. The molecule has 6 heteroatoms. The van der Waals surface area contributed by atoms with Crippen LogP contribution in [0, 0.1) is 0 Å². The lowest BCUT2D eigenvalue weighted by Gasteiger charge is -2.41. The predicted molar refractivity (Wildman–Crippen MR) is 68.7 cm³/mol. The van der Waals surface area contributed by atoms with E-state index in [1.807, 2.05) is 0 Å². The lowest BCUT2D eigenvalue weighted by molar-refractivity contribution is -0.301. The summed E-state index contributed by atoms with van der Waals surface area (Å²) in [7, 11) is 1.38. The quantitative estimate of drug-likeness (QED) is 0.543. The van der Waals surface area contributed by atoms with Gasteiger partial charge >= 0.3 is 0 Å². The van der Waals surface area contributed by atoms with E-state index in [1.54, 1.807) is 0 Å². The van der Waals surface area contributed by atoms with E-state index in [-0.39, 0.29) is 6.61 Å². The predicted octanol–water partition coefficient (Wildman–Crippen LogP) is 0.0373. The van der Waals surface area contributed by atoms with E-state index < -0.39 is 30.7 Å². The Morgan fingerprint density at radius 1 is 1.11 bits per heavy atom. The molecule has 0 bridgehead atoms. The Balaban J connectivity index is 2.44. The molecule has 0 amide bonds. The molecular formula is C13H26O6. The molecule has 19 heavy (non-hydrogen) atoms. The molecule has 1 heterocycles. The second-order valence-corrected chi connectivity index (χ2v) is 4.84. The van der Waals surface area contributed by atoms with Gasteiger partial charge in [-0.05, 0) is 6.42 Å². The van der Waals surface area contributed by atoms with E-state index in [9.17, 15) is 15.3 Å². The Labute approximate surface area is 114 Å². The summed E-state index contributed by atoms with van der Waals surface area (Å²) >= 11 is 0. The topological polar surface area (TPSA) is 88.4 Å².